The van der Waals surface area contributed by atoms with Crippen molar-refractivity contribution in [3.05, 3.63) is 41.0 Å². The van der Waals surface area contributed by atoms with E-state index in [1.165, 1.54) is 5.57 Å². The Morgan fingerprint density at radius 2 is 2.27 bits per heavy atom. The van der Waals surface area contributed by atoms with Gasteiger partial charge >= 0.3 is 0 Å². The number of hydrogen-bond donors (Lipinski definition) is 2. The zero-order valence-electron chi connectivity index (χ0n) is 8.71. The fourth-order valence-corrected chi connectivity index (χ4v) is 1.34. The molecule has 3 nitrogen and oxygen atoms in total. The quantitative estimate of drug-likeness (QED) is 0.445. The van der Waals surface area contributed by atoms with Gasteiger partial charge in [0.05, 0.1) is 0 Å². The Balaban J connectivity index is 2.10. The van der Waals surface area contributed by atoms with Gasteiger partial charge in [0.25, 0.3) is 0 Å². The van der Waals surface area contributed by atoms with Crippen LogP contribution in [0.4, 0.5) is 0 Å². The second-order valence-corrected chi connectivity index (χ2v) is 3.75. The summed E-state index contributed by atoms with van der Waals surface area (Å²) in [6.45, 7) is 2.64. The minimum Gasteiger partial charge on any atom is -0.489 e. The molecule has 0 heterocycles. The number of nitrogen functional groups attached to an aromatic ring is 1. The molecule has 0 saturated heterocycles. The second-order valence-electron chi connectivity index (χ2n) is 3.75. The van der Waals surface area contributed by atoms with Gasteiger partial charge in [0, 0.05) is 5.56 Å². The monoisotopic (exact) mass is 202 g/mol. The SMILES string of the molecule is Cc1cc(C(=N)N)ccc1OCC1=CC1. The van der Waals surface area contributed by atoms with Crippen LogP contribution in [0.25, 0.3) is 0 Å². The minimum absolute atomic E-state index is 0.0922. The topological polar surface area (TPSA) is 59.1 Å². The maximum atomic E-state index is 7.31. The van der Waals surface area contributed by atoms with Crippen LogP contribution < -0.4 is 10.5 Å². The van der Waals surface area contributed by atoms with Crippen LogP contribution in [-0.2, 0) is 0 Å². The predicted molar refractivity (Wildman–Crippen MR) is 60.4 cm³/mol. The predicted octanol–water partition coefficient (Wildman–Crippen LogP) is 1.99. The van der Waals surface area contributed by atoms with Crippen molar-refractivity contribution in [2.75, 3.05) is 6.61 Å². The van der Waals surface area contributed by atoms with E-state index in [0.29, 0.717) is 6.61 Å². The molecule has 0 radical (unpaired) electrons. The highest BCUT2D eigenvalue weighted by molar-refractivity contribution is 5.95. The maximum Gasteiger partial charge on any atom is 0.122 e. The van der Waals surface area contributed by atoms with Crippen molar-refractivity contribution in [2.45, 2.75) is 13.3 Å². The molecular formula is C12H14N2O. The fraction of sp³-hybridized carbons (Fsp3) is 0.250. The number of allylic oxidation sites excluding steroid dienone is 1. The van der Waals surface area contributed by atoms with Crippen LogP contribution in [0.15, 0.2) is 29.8 Å². The van der Waals surface area contributed by atoms with E-state index in [-0.39, 0.29) is 5.84 Å². The van der Waals surface area contributed by atoms with Crippen molar-refractivity contribution in [3.8, 4) is 5.75 Å². The Kier molecular flexibility index (Phi) is 2.46. The zero-order chi connectivity index (χ0) is 10.8. The molecule has 0 bridgehead atoms. The van der Waals surface area contributed by atoms with E-state index in [1.807, 2.05) is 25.1 Å². The molecule has 0 aromatic heterocycles. The van der Waals surface area contributed by atoms with Gasteiger partial charge in [-0.25, -0.2) is 0 Å². The third-order valence-corrected chi connectivity index (χ3v) is 2.39. The van der Waals surface area contributed by atoms with Crippen LogP contribution in [0, 0.1) is 12.3 Å². The lowest BCUT2D eigenvalue weighted by Crippen LogP contribution is -2.11. The van der Waals surface area contributed by atoms with Gasteiger partial charge in [-0.1, -0.05) is 6.08 Å². The van der Waals surface area contributed by atoms with Gasteiger partial charge in [0.15, 0.2) is 0 Å². The molecule has 0 fully saturated rings. The van der Waals surface area contributed by atoms with Gasteiger partial charge in [0.1, 0.15) is 18.2 Å². The number of benzene rings is 1. The van der Waals surface area contributed by atoms with Crippen molar-refractivity contribution in [1.29, 1.82) is 5.41 Å². The van der Waals surface area contributed by atoms with E-state index in [1.54, 1.807) is 0 Å². The largest absolute Gasteiger partial charge is 0.489 e. The summed E-state index contributed by atoms with van der Waals surface area (Å²) in [5.74, 6) is 0.961. The van der Waals surface area contributed by atoms with Crippen LogP contribution in [0.1, 0.15) is 17.5 Å². The smallest absolute Gasteiger partial charge is 0.122 e. The third kappa shape index (κ3) is 2.37. The Labute approximate surface area is 89.1 Å². The average molecular weight is 202 g/mol. The van der Waals surface area contributed by atoms with Gasteiger partial charge in [-0.2, -0.15) is 0 Å². The van der Waals surface area contributed by atoms with Crippen molar-refractivity contribution in [3.63, 3.8) is 0 Å². The Hall–Kier alpha value is -1.77. The van der Waals surface area contributed by atoms with E-state index in [4.69, 9.17) is 15.9 Å². The normalized spacial score (nSPS) is 13.3. The van der Waals surface area contributed by atoms with Crippen LogP contribution >= 0.6 is 0 Å². The lowest BCUT2D eigenvalue weighted by molar-refractivity contribution is 0.353. The first-order valence-electron chi connectivity index (χ1n) is 4.92. The van der Waals surface area contributed by atoms with E-state index in [0.717, 1.165) is 23.3 Å². The molecule has 0 atom stereocenters. The third-order valence-electron chi connectivity index (χ3n) is 2.39. The summed E-state index contributed by atoms with van der Waals surface area (Å²) in [7, 11) is 0. The molecule has 1 aromatic carbocycles. The first kappa shape index (κ1) is 9.77. The van der Waals surface area contributed by atoms with Crippen LogP contribution in [0.2, 0.25) is 0 Å². The summed E-state index contributed by atoms with van der Waals surface area (Å²) >= 11 is 0. The molecular weight excluding hydrogens is 188 g/mol. The number of hydrogen-bond acceptors (Lipinski definition) is 2. The molecule has 0 spiro atoms. The molecule has 0 saturated carbocycles. The summed E-state index contributed by atoms with van der Waals surface area (Å²) in [4.78, 5) is 0. The molecule has 3 N–H and O–H groups in total. The molecule has 0 aliphatic heterocycles. The van der Waals surface area contributed by atoms with Crippen molar-refractivity contribution >= 4 is 5.84 Å². The highest BCUT2D eigenvalue weighted by atomic mass is 16.5. The summed E-state index contributed by atoms with van der Waals surface area (Å²) < 4.78 is 5.62. The molecule has 1 aromatic rings. The summed E-state index contributed by atoms with van der Waals surface area (Å²) in [5, 5.41) is 7.31. The molecule has 0 amide bonds. The highest BCUT2D eigenvalue weighted by Gasteiger charge is 2.09. The van der Waals surface area contributed by atoms with Gasteiger partial charge in [-0.05, 0) is 42.7 Å². The van der Waals surface area contributed by atoms with E-state index >= 15 is 0 Å². The Morgan fingerprint density at radius 3 is 2.80 bits per heavy atom. The summed E-state index contributed by atoms with van der Waals surface area (Å²) in [6, 6.07) is 5.56. The molecule has 78 valence electrons. The number of aryl methyl sites for hydroxylation is 1. The van der Waals surface area contributed by atoms with Crippen molar-refractivity contribution < 1.29 is 4.74 Å². The number of rotatable bonds is 4. The Morgan fingerprint density at radius 1 is 1.53 bits per heavy atom. The van der Waals surface area contributed by atoms with Crippen LogP contribution in [0.5, 0.6) is 5.75 Å². The Bertz CT molecular complexity index is 435. The first-order valence-corrected chi connectivity index (χ1v) is 4.92. The fourth-order valence-electron chi connectivity index (χ4n) is 1.34. The second kappa shape index (κ2) is 3.77. The van der Waals surface area contributed by atoms with Gasteiger partial charge in [-0.15, -0.1) is 0 Å². The summed E-state index contributed by atoms with van der Waals surface area (Å²) in [6.07, 6.45) is 3.24. The number of nitrogens with two attached hydrogens (primary N) is 1. The molecule has 2 rings (SSSR count). The molecule has 15 heavy (non-hydrogen) atoms. The van der Waals surface area contributed by atoms with Crippen LogP contribution in [0.3, 0.4) is 0 Å². The number of ether oxygens (including phenoxy) is 1. The standard InChI is InChI=1S/C12H14N2O/c1-8-6-10(12(13)14)4-5-11(8)15-7-9-2-3-9/h2,4-6H,3,7H2,1H3,(H3,13,14). The zero-order valence-corrected chi connectivity index (χ0v) is 8.71. The molecule has 1 aliphatic rings. The molecule has 3 heteroatoms. The summed E-state index contributed by atoms with van der Waals surface area (Å²) in [5.41, 5.74) is 8.51. The first-order chi connectivity index (χ1) is 7.16. The van der Waals surface area contributed by atoms with Crippen LogP contribution in [-0.4, -0.2) is 12.4 Å². The lowest BCUT2D eigenvalue weighted by atomic mass is 10.1. The lowest BCUT2D eigenvalue weighted by Gasteiger charge is -2.08. The van der Waals surface area contributed by atoms with Crippen molar-refractivity contribution in [1.82, 2.24) is 0 Å². The maximum absolute atomic E-state index is 7.31. The van der Waals surface area contributed by atoms with E-state index < -0.39 is 0 Å². The van der Waals surface area contributed by atoms with E-state index in [2.05, 4.69) is 6.08 Å². The van der Waals surface area contributed by atoms with Crippen molar-refractivity contribution in [2.24, 2.45) is 5.73 Å². The molecule has 0 unspecified atom stereocenters. The average Bonchev–Trinajstić information content (AvgIpc) is 2.99. The molecule has 1 aliphatic carbocycles. The van der Waals surface area contributed by atoms with Gasteiger partial charge in [-0.3, -0.25) is 5.41 Å². The van der Waals surface area contributed by atoms with Gasteiger partial charge < -0.3 is 10.5 Å². The van der Waals surface area contributed by atoms with Gasteiger partial charge in [0.2, 0.25) is 0 Å². The minimum atomic E-state index is 0.0922. The number of amidine groups is 1. The van der Waals surface area contributed by atoms with E-state index in [9.17, 15) is 0 Å². The number of nitrogens with one attached hydrogen (secondary N) is 1. The highest BCUT2D eigenvalue weighted by Crippen LogP contribution is 2.23.